The summed E-state index contributed by atoms with van der Waals surface area (Å²) in [6.07, 6.45) is 2.81. The summed E-state index contributed by atoms with van der Waals surface area (Å²) >= 11 is 0. The zero-order valence-electron chi connectivity index (χ0n) is 7.40. The van der Waals surface area contributed by atoms with E-state index in [9.17, 15) is 0 Å². The Morgan fingerprint density at radius 1 is 1.27 bits per heavy atom. The zero-order valence-corrected chi connectivity index (χ0v) is 7.40. The highest BCUT2D eigenvalue weighted by atomic mass is 15.2. The first kappa shape index (κ1) is 7.56. The van der Waals surface area contributed by atoms with E-state index in [4.69, 9.17) is 0 Å². The van der Waals surface area contributed by atoms with Gasteiger partial charge in [-0.2, -0.15) is 0 Å². The number of rotatable bonds is 1. The fraction of sp³-hybridized carbons (Fsp3) is 1.00. The van der Waals surface area contributed by atoms with Crippen LogP contribution in [-0.4, -0.2) is 37.6 Å². The summed E-state index contributed by atoms with van der Waals surface area (Å²) < 4.78 is 0. The Labute approximate surface area is 69.0 Å². The van der Waals surface area contributed by atoms with Crippen molar-refractivity contribution in [1.29, 1.82) is 0 Å². The molecule has 11 heavy (non-hydrogen) atoms. The van der Waals surface area contributed by atoms with Crippen molar-refractivity contribution in [3.05, 3.63) is 0 Å². The van der Waals surface area contributed by atoms with Crippen molar-refractivity contribution < 1.29 is 0 Å². The molecule has 0 aromatic carbocycles. The van der Waals surface area contributed by atoms with Crippen LogP contribution in [0.3, 0.4) is 0 Å². The average molecular weight is 154 g/mol. The van der Waals surface area contributed by atoms with Crippen molar-refractivity contribution in [1.82, 2.24) is 10.2 Å². The molecule has 0 aromatic rings. The maximum Gasteiger partial charge on any atom is 0.00513 e. The van der Waals surface area contributed by atoms with Crippen LogP contribution in [0.15, 0.2) is 0 Å². The quantitative estimate of drug-likeness (QED) is 0.598. The topological polar surface area (TPSA) is 15.3 Å². The summed E-state index contributed by atoms with van der Waals surface area (Å²) in [4.78, 5) is 2.55. The molecule has 0 unspecified atom stereocenters. The summed E-state index contributed by atoms with van der Waals surface area (Å²) in [5.41, 5.74) is 0.737. The molecule has 2 fully saturated rings. The third kappa shape index (κ3) is 1.30. The number of nitrogens with one attached hydrogen (secondary N) is 1. The predicted octanol–water partition coefficient (Wildman–Crippen LogP) is 0.692. The summed E-state index contributed by atoms with van der Waals surface area (Å²) in [6, 6.07) is 0. The molecule has 0 bridgehead atoms. The largest absolute Gasteiger partial charge is 0.317 e. The van der Waals surface area contributed by atoms with Crippen molar-refractivity contribution >= 4 is 0 Å². The van der Waals surface area contributed by atoms with E-state index in [1.165, 1.54) is 45.6 Å². The van der Waals surface area contributed by atoms with Gasteiger partial charge in [0.1, 0.15) is 0 Å². The molecule has 0 atom stereocenters. The summed E-state index contributed by atoms with van der Waals surface area (Å²) in [5, 5.41) is 3.42. The van der Waals surface area contributed by atoms with E-state index in [2.05, 4.69) is 17.1 Å². The van der Waals surface area contributed by atoms with Gasteiger partial charge in [0.05, 0.1) is 0 Å². The fourth-order valence-electron chi connectivity index (χ4n) is 2.40. The van der Waals surface area contributed by atoms with Crippen LogP contribution in [-0.2, 0) is 0 Å². The molecule has 2 nitrogen and oxygen atoms in total. The normalized spacial score (nSPS) is 30.3. The van der Waals surface area contributed by atoms with Crippen LogP contribution < -0.4 is 5.32 Å². The molecular formula is C9H18N2. The Bertz CT molecular complexity index is 130. The molecule has 1 N–H and O–H groups in total. The van der Waals surface area contributed by atoms with E-state index in [1.807, 2.05) is 0 Å². The van der Waals surface area contributed by atoms with Gasteiger partial charge in [0.2, 0.25) is 0 Å². The van der Waals surface area contributed by atoms with Gasteiger partial charge in [-0.3, -0.25) is 0 Å². The summed E-state index contributed by atoms with van der Waals surface area (Å²) in [6.45, 7) is 8.73. The van der Waals surface area contributed by atoms with E-state index < -0.39 is 0 Å². The smallest absolute Gasteiger partial charge is 0.00513 e. The van der Waals surface area contributed by atoms with Gasteiger partial charge in [-0.25, -0.2) is 0 Å². The van der Waals surface area contributed by atoms with Gasteiger partial charge in [0, 0.05) is 13.1 Å². The minimum absolute atomic E-state index is 0.737. The van der Waals surface area contributed by atoms with Gasteiger partial charge in [0.15, 0.2) is 0 Å². The lowest BCUT2D eigenvalue weighted by molar-refractivity contribution is -0.0188. The van der Waals surface area contributed by atoms with Crippen molar-refractivity contribution in [2.45, 2.75) is 19.8 Å². The van der Waals surface area contributed by atoms with Crippen LogP contribution in [0.4, 0.5) is 0 Å². The SMILES string of the molecule is CCN1CC2(CCNCC2)C1. The molecular weight excluding hydrogens is 136 g/mol. The van der Waals surface area contributed by atoms with Crippen molar-refractivity contribution in [2.24, 2.45) is 5.41 Å². The van der Waals surface area contributed by atoms with Crippen molar-refractivity contribution in [3.63, 3.8) is 0 Å². The molecule has 2 saturated heterocycles. The molecule has 1 spiro atoms. The maximum atomic E-state index is 3.42. The lowest BCUT2D eigenvalue weighted by Crippen LogP contribution is -2.59. The highest BCUT2D eigenvalue weighted by molar-refractivity contribution is 4.96. The van der Waals surface area contributed by atoms with Gasteiger partial charge in [-0.15, -0.1) is 0 Å². The zero-order chi connectivity index (χ0) is 7.73. The lowest BCUT2D eigenvalue weighted by Gasteiger charge is -2.52. The number of piperidine rings is 1. The number of likely N-dealkylation sites (tertiary alicyclic amines) is 1. The van der Waals surface area contributed by atoms with E-state index in [0.717, 1.165) is 5.41 Å². The first-order valence-electron chi connectivity index (χ1n) is 4.78. The first-order chi connectivity index (χ1) is 5.35. The van der Waals surface area contributed by atoms with Gasteiger partial charge < -0.3 is 10.2 Å². The van der Waals surface area contributed by atoms with Crippen LogP contribution in [0.2, 0.25) is 0 Å². The van der Waals surface area contributed by atoms with E-state index in [0.29, 0.717) is 0 Å². The minimum atomic E-state index is 0.737. The number of nitrogens with zero attached hydrogens (tertiary/aromatic N) is 1. The molecule has 64 valence electrons. The van der Waals surface area contributed by atoms with Crippen molar-refractivity contribution in [3.8, 4) is 0 Å². The first-order valence-corrected chi connectivity index (χ1v) is 4.78. The molecule has 2 heteroatoms. The molecule has 0 aliphatic carbocycles. The third-order valence-corrected chi connectivity index (χ3v) is 3.23. The Morgan fingerprint density at radius 3 is 2.45 bits per heavy atom. The van der Waals surface area contributed by atoms with Gasteiger partial charge >= 0.3 is 0 Å². The monoisotopic (exact) mass is 154 g/mol. The number of hydrogen-bond acceptors (Lipinski definition) is 2. The van der Waals surface area contributed by atoms with Gasteiger partial charge in [-0.05, 0) is 37.9 Å². The van der Waals surface area contributed by atoms with Crippen molar-refractivity contribution in [2.75, 3.05) is 32.7 Å². The Hall–Kier alpha value is -0.0800. The van der Waals surface area contributed by atoms with E-state index in [1.54, 1.807) is 0 Å². The van der Waals surface area contributed by atoms with E-state index in [-0.39, 0.29) is 0 Å². The second kappa shape index (κ2) is 2.76. The van der Waals surface area contributed by atoms with Gasteiger partial charge in [-0.1, -0.05) is 6.92 Å². The molecule has 0 amide bonds. The Morgan fingerprint density at radius 2 is 1.91 bits per heavy atom. The molecule has 0 saturated carbocycles. The molecule has 2 heterocycles. The minimum Gasteiger partial charge on any atom is -0.317 e. The Balaban J connectivity index is 1.84. The molecule has 0 radical (unpaired) electrons. The second-order valence-electron chi connectivity index (χ2n) is 4.05. The Kier molecular flexibility index (Phi) is 1.90. The predicted molar refractivity (Wildman–Crippen MR) is 46.7 cm³/mol. The summed E-state index contributed by atoms with van der Waals surface area (Å²) in [7, 11) is 0. The highest BCUT2D eigenvalue weighted by Crippen LogP contribution is 2.37. The maximum absolute atomic E-state index is 3.42. The van der Waals surface area contributed by atoms with Crippen LogP contribution in [0.5, 0.6) is 0 Å². The fourth-order valence-corrected chi connectivity index (χ4v) is 2.40. The lowest BCUT2D eigenvalue weighted by atomic mass is 9.72. The molecule has 0 aromatic heterocycles. The molecule has 2 aliphatic heterocycles. The van der Waals surface area contributed by atoms with Crippen LogP contribution >= 0.6 is 0 Å². The van der Waals surface area contributed by atoms with Gasteiger partial charge in [0.25, 0.3) is 0 Å². The second-order valence-corrected chi connectivity index (χ2v) is 4.05. The van der Waals surface area contributed by atoms with Crippen LogP contribution in [0.1, 0.15) is 19.8 Å². The third-order valence-electron chi connectivity index (χ3n) is 3.23. The average Bonchev–Trinajstić information content (AvgIpc) is 2.01. The van der Waals surface area contributed by atoms with Crippen LogP contribution in [0.25, 0.3) is 0 Å². The number of hydrogen-bond donors (Lipinski definition) is 1. The summed E-state index contributed by atoms with van der Waals surface area (Å²) in [5.74, 6) is 0. The van der Waals surface area contributed by atoms with E-state index >= 15 is 0 Å². The highest BCUT2D eigenvalue weighted by Gasteiger charge is 2.42. The molecule has 2 aliphatic rings. The van der Waals surface area contributed by atoms with Crippen LogP contribution in [0, 0.1) is 5.41 Å². The molecule has 2 rings (SSSR count). The standard InChI is InChI=1S/C9H18N2/c1-2-11-7-9(8-11)3-5-10-6-4-9/h10H,2-8H2,1H3.